The monoisotopic (exact) mass is 466 g/mol. The molecular weight excluding hydrogens is 443 g/mol. The Balaban J connectivity index is 1.76. The maximum atomic E-state index is 13.9. The number of nitrogens with zero attached hydrogens (tertiary/aromatic N) is 1. The van der Waals surface area contributed by atoms with Crippen molar-refractivity contribution in [1.82, 2.24) is 10.2 Å². The summed E-state index contributed by atoms with van der Waals surface area (Å²) >= 11 is 5.92. The first kappa shape index (κ1) is 24.1. The van der Waals surface area contributed by atoms with Crippen molar-refractivity contribution in [1.29, 1.82) is 0 Å². The summed E-state index contributed by atoms with van der Waals surface area (Å²) < 4.78 is 25.3. The quantitative estimate of drug-likeness (QED) is 0.224. The molecule has 0 spiro atoms. The fourth-order valence-corrected chi connectivity index (χ4v) is 3.58. The van der Waals surface area contributed by atoms with E-state index in [9.17, 15) is 9.18 Å². The predicted octanol–water partition coefficient (Wildman–Crippen LogP) is 5.27. The Labute approximate surface area is 198 Å². The number of hydrogen-bond acceptors (Lipinski definition) is 4. The highest BCUT2D eigenvalue weighted by atomic mass is 35.5. The molecule has 2 aromatic carbocycles. The second-order valence-corrected chi connectivity index (χ2v) is 7.61. The van der Waals surface area contributed by atoms with Crippen LogP contribution in [0.15, 0.2) is 85.2 Å². The van der Waals surface area contributed by atoms with E-state index < -0.39 is 18.2 Å². The molecule has 1 fully saturated rings. The molecule has 1 saturated heterocycles. The van der Waals surface area contributed by atoms with Gasteiger partial charge in [0.2, 0.25) is 0 Å². The van der Waals surface area contributed by atoms with Gasteiger partial charge < -0.3 is 14.8 Å². The number of nitrogens with one attached hydrogen (secondary N) is 1. The van der Waals surface area contributed by atoms with Gasteiger partial charge in [-0.3, -0.25) is 4.90 Å². The number of benzene rings is 2. The summed E-state index contributed by atoms with van der Waals surface area (Å²) in [6, 6.07) is 12.6. The van der Waals surface area contributed by atoms with Crippen molar-refractivity contribution < 1.29 is 18.7 Å². The summed E-state index contributed by atoms with van der Waals surface area (Å²) in [4.78, 5) is 14.2. The Morgan fingerprint density at radius 2 is 2.12 bits per heavy atom. The Kier molecular flexibility index (Phi) is 8.71. The van der Waals surface area contributed by atoms with Crippen LogP contribution in [0.2, 0.25) is 5.02 Å². The van der Waals surface area contributed by atoms with Crippen molar-refractivity contribution in [3.63, 3.8) is 0 Å². The Bertz CT molecular complexity index is 1080. The number of terminal acetylenes is 1. The first-order valence-corrected chi connectivity index (χ1v) is 10.7. The molecule has 170 valence electrons. The number of rotatable bonds is 10. The number of allylic oxidation sites excluding steroid dienone is 3. The summed E-state index contributed by atoms with van der Waals surface area (Å²) in [6.45, 7) is 4.61. The molecule has 33 heavy (non-hydrogen) atoms. The van der Waals surface area contributed by atoms with Gasteiger partial charge in [0.25, 0.3) is 0 Å². The van der Waals surface area contributed by atoms with Crippen LogP contribution in [0.4, 0.5) is 9.18 Å². The van der Waals surface area contributed by atoms with Gasteiger partial charge in [-0.1, -0.05) is 48.4 Å². The van der Waals surface area contributed by atoms with Crippen molar-refractivity contribution in [2.75, 3.05) is 19.6 Å². The zero-order valence-corrected chi connectivity index (χ0v) is 18.7. The van der Waals surface area contributed by atoms with E-state index in [1.165, 1.54) is 12.1 Å². The van der Waals surface area contributed by atoms with Crippen molar-refractivity contribution in [3.8, 4) is 18.1 Å². The second kappa shape index (κ2) is 11.9. The maximum Gasteiger partial charge on any atom is 0.411 e. The Morgan fingerprint density at radius 3 is 2.82 bits per heavy atom. The molecule has 1 heterocycles. The largest absolute Gasteiger partial charge is 0.457 e. The van der Waals surface area contributed by atoms with Crippen molar-refractivity contribution in [2.45, 2.75) is 12.1 Å². The molecule has 7 heteroatoms. The molecule has 1 aliphatic heterocycles. The molecule has 5 nitrogen and oxygen atoms in total. The Hall–Kier alpha value is -3.53. The third-order valence-electron chi connectivity index (χ3n) is 4.85. The fourth-order valence-electron chi connectivity index (χ4n) is 3.45. The van der Waals surface area contributed by atoms with E-state index in [4.69, 9.17) is 27.5 Å². The molecule has 0 saturated carbocycles. The van der Waals surface area contributed by atoms with E-state index in [1.807, 2.05) is 0 Å². The van der Waals surface area contributed by atoms with Crippen LogP contribution in [0.25, 0.3) is 0 Å². The van der Waals surface area contributed by atoms with Gasteiger partial charge in [-0.15, -0.1) is 6.42 Å². The van der Waals surface area contributed by atoms with E-state index in [0.29, 0.717) is 35.2 Å². The maximum absolute atomic E-state index is 13.9. The van der Waals surface area contributed by atoms with Crippen molar-refractivity contribution in [2.24, 2.45) is 0 Å². The van der Waals surface area contributed by atoms with Crippen LogP contribution in [0.3, 0.4) is 0 Å². The van der Waals surface area contributed by atoms with Gasteiger partial charge in [0.1, 0.15) is 23.4 Å². The average Bonchev–Trinajstić information content (AvgIpc) is 3.10. The van der Waals surface area contributed by atoms with Gasteiger partial charge in [-0.05, 0) is 54.1 Å². The minimum absolute atomic E-state index is 0.226. The molecule has 2 aromatic rings. The van der Waals surface area contributed by atoms with Gasteiger partial charge in [0.05, 0.1) is 12.6 Å². The topological polar surface area (TPSA) is 50.8 Å². The number of cyclic esters (lactones) is 1. The first-order valence-electron chi connectivity index (χ1n) is 10.3. The van der Waals surface area contributed by atoms with E-state index in [1.54, 1.807) is 65.6 Å². The zero-order valence-electron chi connectivity index (χ0n) is 17.9. The van der Waals surface area contributed by atoms with E-state index in [0.717, 1.165) is 0 Å². The summed E-state index contributed by atoms with van der Waals surface area (Å²) in [5, 5.41) is 3.66. The number of carbonyl (C=O) groups is 1. The lowest BCUT2D eigenvalue weighted by Crippen LogP contribution is -2.34. The molecule has 0 bridgehead atoms. The number of hydrogen-bond donors (Lipinski definition) is 1. The predicted molar refractivity (Wildman–Crippen MR) is 127 cm³/mol. The molecule has 1 amide bonds. The molecule has 1 aliphatic rings. The molecular formula is C26H24ClFN2O3. The zero-order chi connectivity index (χ0) is 23.6. The lowest BCUT2D eigenvalue weighted by atomic mass is 10.0. The average molecular weight is 467 g/mol. The van der Waals surface area contributed by atoms with E-state index in [-0.39, 0.29) is 12.4 Å². The third-order valence-corrected chi connectivity index (χ3v) is 5.11. The minimum Gasteiger partial charge on any atom is -0.457 e. The molecule has 0 aromatic heterocycles. The van der Waals surface area contributed by atoms with E-state index >= 15 is 0 Å². The summed E-state index contributed by atoms with van der Waals surface area (Å²) in [5.74, 6) is 3.23. The van der Waals surface area contributed by atoms with E-state index in [2.05, 4.69) is 17.8 Å². The van der Waals surface area contributed by atoms with Gasteiger partial charge in [-0.2, -0.15) is 0 Å². The molecule has 1 N–H and O–H groups in total. The number of carbonyl (C=O) groups excluding carboxylic acids is 1. The number of amides is 1. The second-order valence-electron chi connectivity index (χ2n) is 7.17. The minimum atomic E-state index is -0.519. The first-order chi connectivity index (χ1) is 16.0. The fraction of sp³-hybridized carbons (Fsp3) is 0.192. The van der Waals surface area contributed by atoms with Crippen LogP contribution >= 0.6 is 11.6 Å². The van der Waals surface area contributed by atoms with Crippen LogP contribution < -0.4 is 10.1 Å². The van der Waals surface area contributed by atoms with Crippen LogP contribution in [0, 0.1) is 18.2 Å². The molecule has 0 aliphatic carbocycles. The number of ether oxygens (including phenoxy) is 2. The highest BCUT2D eigenvalue weighted by Gasteiger charge is 2.41. The summed E-state index contributed by atoms with van der Waals surface area (Å²) in [7, 11) is 0. The highest BCUT2D eigenvalue weighted by molar-refractivity contribution is 6.30. The van der Waals surface area contributed by atoms with Gasteiger partial charge in [0, 0.05) is 18.1 Å². The van der Waals surface area contributed by atoms with Gasteiger partial charge in [-0.25, -0.2) is 9.18 Å². The van der Waals surface area contributed by atoms with Crippen LogP contribution in [0.5, 0.6) is 5.75 Å². The van der Waals surface area contributed by atoms with Crippen LogP contribution in [-0.4, -0.2) is 36.7 Å². The van der Waals surface area contributed by atoms with Crippen LogP contribution in [-0.2, 0) is 4.74 Å². The molecule has 3 rings (SSSR count). The standard InChI is InChI=1S/C26H24ClFN2O3/c1-3-7-22(32-23-13-11-20(27)12-14-23)10-6-16-30-25(19-8-5-9-21(28)17-19)24(33-26(30)31)18-29-15-4-2/h2-3,5-14,17,24-25,29H,1,15-16,18H2/b10-6-,22-7+/t24-,25-/m0/s1. The Morgan fingerprint density at radius 1 is 1.33 bits per heavy atom. The number of halogens is 2. The lowest BCUT2D eigenvalue weighted by Gasteiger charge is -2.24. The van der Waals surface area contributed by atoms with Crippen molar-refractivity contribution >= 4 is 17.7 Å². The third kappa shape index (κ3) is 6.72. The molecule has 0 unspecified atom stereocenters. The van der Waals surface area contributed by atoms with Crippen LogP contribution in [0.1, 0.15) is 11.6 Å². The van der Waals surface area contributed by atoms with Crippen molar-refractivity contribution in [3.05, 3.63) is 102 Å². The molecule has 0 radical (unpaired) electrons. The normalized spacial score (nSPS) is 18.3. The SMILES string of the molecule is C#CCNC[C@@H]1OC(=O)N(C/C=C\C(=C/C=C)Oc2ccc(Cl)cc2)[C@H]1c1cccc(F)c1. The summed E-state index contributed by atoms with van der Waals surface area (Å²) in [5.41, 5.74) is 0.640. The molecule has 2 atom stereocenters. The smallest absolute Gasteiger partial charge is 0.411 e. The van der Waals surface area contributed by atoms with Gasteiger partial charge >= 0.3 is 6.09 Å². The lowest BCUT2D eigenvalue weighted by molar-refractivity contribution is 0.129. The van der Waals surface area contributed by atoms with Gasteiger partial charge in [0.15, 0.2) is 0 Å². The summed E-state index contributed by atoms with van der Waals surface area (Å²) in [6.07, 6.45) is 11.1. The highest BCUT2D eigenvalue weighted by Crippen LogP contribution is 2.33.